The predicted octanol–water partition coefficient (Wildman–Crippen LogP) is 4.14. The minimum absolute atomic E-state index is 0.135. The Morgan fingerprint density at radius 3 is 2.32 bits per heavy atom. The lowest BCUT2D eigenvalue weighted by molar-refractivity contribution is -0.140. The fraction of sp³-hybridized carbons (Fsp3) is 0.560. The van der Waals surface area contributed by atoms with Crippen LogP contribution in [0, 0.1) is 23.2 Å². The highest BCUT2D eigenvalue weighted by atomic mass is 16.5. The van der Waals surface area contributed by atoms with Crippen LogP contribution in [0.2, 0.25) is 0 Å². The molecule has 1 aromatic carbocycles. The molecule has 5 aliphatic rings. The van der Waals surface area contributed by atoms with E-state index in [1.165, 1.54) is 19.3 Å². The van der Waals surface area contributed by atoms with Gasteiger partial charge in [-0.1, -0.05) is 12.1 Å². The molecule has 7 rings (SSSR count). The second kappa shape index (κ2) is 7.59. The molecule has 5 fully saturated rings. The number of anilines is 2. The lowest BCUT2D eigenvalue weighted by Crippen LogP contribution is -2.51. The Hall–Kier alpha value is -2.47. The molecule has 0 spiro atoms. The number of nitrogens with one attached hydrogen (secondary N) is 1. The van der Waals surface area contributed by atoms with Gasteiger partial charge in [0, 0.05) is 24.3 Å². The van der Waals surface area contributed by atoms with Crippen LogP contribution in [0.3, 0.4) is 0 Å². The quantitative estimate of drug-likeness (QED) is 0.808. The second-order valence-corrected chi connectivity index (χ2v) is 10.1. The molecule has 4 aliphatic carbocycles. The summed E-state index contributed by atoms with van der Waals surface area (Å²) in [6.45, 7) is 3.16. The summed E-state index contributed by atoms with van der Waals surface area (Å²) in [4.78, 5) is 15.6. The Labute approximate surface area is 183 Å². The van der Waals surface area contributed by atoms with E-state index in [9.17, 15) is 4.79 Å². The van der Waals surface area contributed by atoms with Crippen molar-refractivity contribution in [2.45, 2.75) is 38.5 Å². The first kappa shape index (κ1) is 19.2. The number of benzene rings is 1. The number of aromatic nitrogens is 2. The maximum absolute atomic E-state index is 13.4. The first-order valence-electron chi connectivity index (χ1n) is 11.8. The molecule has 4 bridgehead atoms. The number of morpholine rings is 1. The number of ether oxygens (including phenoxy) is 1. The topological polar surface area (TPSA) is 67.4 Å². The molecule has 0 atom stereocenters. The molecule has 1 saturated heterocycles. The molecular weight excluding hydrogens is 388 g/mol. The van der Waals surface area contributed by atoms with Gasteiger partial charge >= 0.3 is 0 Å². The lowest BCUT2D eigenvalue weighted by Gasteiger charge is -2.55. The third-order valence-electron chi connectivity index (χ3n) is 7.92. The van der Waals surface area contributed by atoms with Crippen LogP contribution < -0.4 is 10.2 Å². The van der Waals surface area contributed by atoms with Gasteiger partial charge in [0.1, 0.15) is 0 Å². The van der Waals surface area contributed by atoms with E-state index < -0.39 is 0 Å². The molecule has 31 heavy (non-hydrogen) atoms. The molecule has 1 aromatic heterocycles. The molecule has 0 radical (unpaired) electrons. The van der Waals surface area contributed by atoms with Crippen molar-refractivity contribution < 1.29 is 9.53 Å². The van der Waals surface area contributed by atoms with Gasteiger partial charge in [-0.25, -0.2) is 0 Å². The van der Waals surface area contributed by atoms with Crippen molar-refractivity contribution in [1.82, 2.24) is 10.2 Å². The van der Waals surface area contributed by atoms with Crippen LogP contribution in [0.5, 0.6) is 0 Å². The van der Waals surface area contributed by atoms with E-state index in [2.05, 4.69) is 20.4 Å². The molecule has 0 unspecified atom stereocenters. The van der Waals surface area contributed by atoms with E-state index in [0.717, 1.165) is 86.1 Å². The van der Waals surface area contributed by atoms with Crippen molar-refractivity contribution in [2.75, 3.05) is 36.5 Å². The zero-order chi connectivity index (χ0) is 20.8. The third kappa shape index (κ3) is 3.61. The Morgan fingerprint density at radius 1 is 0.968 bits per heavy atom. The minimum atomic E-state index is -0.135. The molecule has 1 N–H and O–H groups in total. The number of hydrogen-bond acceptors (Lipinski definition) is 5. The summed E-state index contributed by atoms with van der Waals surface area (Å²) < 4.78 is 5.41. The SMILES string of the molecule is O=C(Nc1cccc(-c2ccc(N3CCOCC3)nn2)c1)C12CC3CC(CC(C3)C1)C2. The monoisotopic (exact) mass is 418 g/mol. The average molecular weight is 419 g/mol. The van der Waals surface area contributed by atoms with Gasteiger partial charge in [-0.3, -0.25) is 4.79 Å². The second-order valence-electron chi connectivity index (χ2n) is 10.1. The highest BCUT2D eigenvalue weighted by Gasteiger charge is 2.54. The first-order valence-corrected chi connectivity index (χ1v) is 11.8. The molecule has 1 amide bonds. The van der Waals surface area contributed by atoms with E-state index in [0.29, 0.717) is 0 Å². The maximum atomic E-state index is 13.4. The van der Waals surface area contributed by atoms with E-state index in [-0.39, 0.29) is 11.3 Å². The Kier molecular flexibility index (Phi) is 4.71. The smallest absolute Gasteiger partial charge is 0.230 e. The molecular formula is C25H30N4O2. The summed E-state index contributed by atoms with van der Waals surface area (Å²) >= 11 is 0. The molecule has 6 heteroatoms. The summed E-state index contributed by atoms with van der Waals surface area (Å²) in [6, 6.07) is 12.1. The fourth-order valence-corrected chi connectivity index (χ4v) is 6.85. The lowest BCUT2D eigenvalue weighted by atomic mass is 9.49. The molecule has 4 saturated carbocycles. The van der Waals surface area contributed by atoms with Gasteiger partial charge in [0.05, 0.1) is 24.3 Å². The molecule has 2 heterocycles. The third-order valence-corrected chi connectivity index (χ3v) is 7.92. The summed E-state index contributed by atoms with van der Waals surface area (Å²) in [5, 5.41) is 12.1. The normalized spacial score (nSPS) is 31.6. The molecule has 6 nitrogen and oxygen atoms in total. The number of carbonyl (C=O) groups excluding carboxylic acids is 1. The van der Waals surface area contributed by atoms with Crippen LogP contribution in [0.15, 0.2) is 36.4 Å². The number of hydrogen-bond donors (Lipinski definition) is 1. The van der Waals surface area contributed by atoms with Crippen molar-refractivity contribution in [3.05, 3.63) is 36.4 Å². The van der Waals surface area contributed by atoms with Crippen molar-refractivity contribution >= 4 is 17.4 Å². The average Bonchev–Trinajstić information content (AvgIpc) is 2.79. The van der Waals surface area contributed by atoms with Crippen LogP contribution in [0.1, 0.15) is 38.5 Å². The van der Waals surface area contributed by atoms with E-state index >= 15 is 0 Å². The Morgan fingerprint density at radius 2 is 1.68 bits per heavy atom. The van der Waals surface area contributed by atoms with Crippen LogP contribution in [-0.2, 0) is 9.53 Å². The predicted molar refractivity (Wildman–Crippen MR) is 120 cm³/mol. The number of nitrogens with zero attached hydrogens (tertiary/aromatic N) is 3. The summed E-state index contributed by atoms with van der Waals surface area (Å²) in [5.41, 5.74) is 2.52. The van der Waals surface area contributed by atoms with E-state index in [1.807, 2.05) is 36.4 Å². The first-order chi connectivity index (χ1) is 15.2. The number of amides is 1. The Balaban J connectivity index is 1.18. The van der Waals surface area contributed by atoms with Gasteiger partial charge in [0.15, 0.2) is 5.82 Å². The van der Waals surface area contributed by atoms with Gasteiger partial charge in [-0.2, -0.15) is 0 Å². The van der Waals surface area contributed by atoms with Crippen molar-refractivity contribution in [1.29, 1.82) is 0 Å². The van der Waals surface area contributed by atoms with Crippen molar-refractivity contribution in [3.63, 3.8) is 0 Å². The zero-order valence-electron chi connectivity index (χ0n) is 17.9. The van der Waals surface area contributed by atoms with Crippen LogP contribution in [-0.4, -0.2) is 42.4 Å². The van der Waals surface area contributed by atoms with E-state index in [4.69, 9.17) is 4.74 Å². The molecule has 162 valence electrons. The number of carbonyl (C=O) groups is 1. The number of rotatable bonds is 4. The Bertz CT molecular complexity index is 932. The van der Waals surface area contributed by atoms with Crippen LogP contribution in [0.4, 0.5) is 11.5 Å². The van der Waals surface area contributed by atoms with Crippen molar-refractivity contribution in [2.24, 2.45) is 23.2 Å². The fourth-order valence-electron chi connectivity index (χ4n) is 6.85. The van der Waals surface area contributed by atoms with E-state index in [1.54, 1.807) is 0 Å². The van der Waals surface area contributed by atoms with Gasteiger partial charge in [0.2, 0.25) is 5.91 Å². The zero-order valence-corrected chi connectivity index (χ0v) is 17.9. The summed E-state index contributed by atoms with van der Waals surface area (Å²) in [5.74, 6) is 3.42. The molecule has 2 aromatic rings. The highest BCUT2D eigenvalue weighted by molar-refractivity contribution is 5.96. The summed E-state index contributed by atoms with van der Waals surface area (Å²) in [6.07, 6.45) is 7.29. The largest absolute Gasteiger partial charge is 0.378 e. The van der Waals surface area contributed by atoms with Gasteiger partial charge in [0.25, 0.3) is 0 Å². The molecule has 1 aliphatic heterocycles. The standard InChI is InChI=1S/C25H30N4O2/c30-24(25-14-17-10-18(15-25)12-19(11-17)16-25)26-21-3-1-2-20(13-21)22-4-5-23(28-27-22)29-6-8-31-9-7-29/h1-5,13,17-19H,6-12,14-16H2,(H,26,30). The van der Waals surface area contributed by atoms with Gasteiger partial charge in [-0.15, -0.1) is 10.2 Å². The summed E-state index contributed by atoms with van der Waals surface area (Å²) in [7, 11) is 0. The highest BCUT2D eigenvalue weighted by Crippen LogP contribution is 2.60. The van der Waals surface area contributed by atoms with Gasteiger partial charge in [-0.05, 0) is 80.5 Å². The van der Waals surface area contributed by atoms with Crippen LogP contribution in [0.25, 0.3) is 11.3 Å². The van der Waals surface area contributed by atoms with Crippen molar-refractivity contribution in [3.8, 4) is 11.3 Å². The maximum Gasteiger partial charge on any atom is 0.230 e. The minimum Gasteiger partial charge on any atom is -0.378 e. The van der Waals surface area contributed by atoms with Gasteiger partial charge < -0.3 is 15.0 Å². The van der Waals surface area contributed by atoms with Crippen LogP contribution >= 0.6 is 0 Å².